The molecule has 0 fully saturated rings. The van der Waals surface area contributed by atoms with E-state index >= 15 is 0 Å². The van der Waals surface area contributed by atoms with Gasteiger partial charge in [-0.1, -0.05) is 0 Å². The van der Waals surface area contributed by atoms with E-state index in [1.165, 1.54) is 13.2 Å². The number of carbonyl (C=O) groups is 1. The second-order valence-corrected chi connectivity index (χ2v) is 7.11. The number of ether oxygens (including phenoxy) is 1. The van der Waals surface area contributed by atoms with Crippen LogP contribution in [0.2, 0.25) is 0 Å². The molecule has 0 aromatic heterocycles. The fraction of sp³-hybridized carbons (Fsp3) is 0.364. The molecule has 0 aliphatic rings. The monoisotopic (exact) mass is 387 g/mol. The highest BCUT2D eigenvalue weighted by Gasteiger charge is 2.22. The van der Waals surface area contributed by atoms with Crippen LogP contribution in [0, 0.1) is 0 Å². The van der Waals surface area contributed by atoms with Crippen molar-refractivity contribution < 1.29 is 22.3 Å². The molecule has 0 saturated heterocycles. The summed E-state index contributed by atoms with van der Waals surface area (Å²) in [6, 6.07) is 2.51. The number of amides is 1. The molecule has 0 atom stereocenters. The molecule has 0 radical (unpaired) electrons. The third kappa shape index (κ3) is 4.32. The third-order valence-corrected chi connectivity index (χ3v) is 4.25. The van der Waals surface area contributed by atoms with Gasteiger partial charge in [-0.05, 0) is 34.5 Å². The summed E-state index contributed by atoms with van der Waals surface area (Å²) >= 11 is 3.11. The molecular weight excluding hydrogens is 377 g/mol. The molecule has 1 rings (SSSR count). The van der Waals surface area contributed by atoms with Crippen LogP contribution >= 0.6 is 26.6 Å². The normalized spacial score (nSPS) is 11.2. The number of methoxy groups -OCH3 is 1. The minimum absolute atomic E-state index is 0.0142. The minimum atomic E-state index is -4.07. The first-order valence-corrected chi connectivity index (χ1v) is 8.58. The van der Waals surface area contributed by atoms with Crippen molar-refractivity contribution in [2.75, 3.05) is 20.3 Å². The maximum Gasteiger partial charge on any atom is 0.265 e. The first kappa shape index (κ1) is 17.2. The predicted molar refractivity (Wildman–Crippen MR) is 76.7 cm³/mol. The Morgan fingerprint density at radius 2 is 2.15 bits per heavy atom. The van der Waals surface area contributed by atoms with Crippen LogP contribution in [-0.2, 0) is 9.05 Å². The number of rotatable bonds is 6. The Labute approximate surface area is 129 Å². The van der Waals surface area contributed by atoms with Crippen molar-refractivity contribution >= 4 is 41.6 Å². The summed E-state index contributed by atoms with van der Waals surface area (Å²) in [6.45, 7) is -0.393. The molecule has 5 nitrogen and oxygen atoms in total. The summed E-state index contributed by atoms with van der Waals surface area (Å²) in [5.41, 5.74) is 0.0794. The molecule has 1 aromatic carbocycles. The molecule has 1 amide bonds. The van der Waals surface area contributed by atoms with Gasteiger partial charge in [0.2, 0.25) is 0 Å². The number of hydrogen-bond acceptors (Lipinski definition) is 4. The van der Waals surface area contributed by atoms with Crippen LogP contribution in [0.3, 0.4) is 0 Å². The highest BCUT2D eigenvalue weighted by molar-refractivity contribution is 9.10. The number of carbonyl (C=O) groups excluding carboxylic acids is 1. The highest BCUT2D eigenvalue weighted by atomic mass is 79.9. The number of benzene rings is 1. The summed E-state index contributed by atoms with van der Waals surface area (Å²) < 4.78 is 40.1. The highest BCUT2D eigenvalue weighted by Crippen LogP contribution is 2.35. The molecule has 1 N–H and O–H groups in total. The Kier molecular flexibility index (Phi) is 6.22. The van der Waals surface area contributed by atoms with Gasteiger partial charge >= 0.3 is 0 Å². The molecule has 112 valence electrons. The lowest BCUT2D eigenvalue weighted by Gasteiger charge is -2.11. The van der Waals surface area contributed by atoms with E-state index in [0.29, 0.717) is 0 Å². The summed E-state index contributed by atoms with van der Waals surface area (Å²) in [4.78, 5) is 11.5. The van der Waals surface area contributed by atoms with Crippen molar-refractivity contribution in [2.24, 2.45) is 0 Å². The van der Waals surface area contributed by atoms with E-state index in [1.54, 1.807) is 0 Å². The summed E-state index contributed by atoms with van der Waals surface area (Å²) in [7, 11) is 2.52. The summed E-state index contributed by atoms with van der Waals surface area (Å²) in [6.07, 6.45) is 0.184. The molecule has 0 saturated carbocycles. The zero-order valence-electron chi connectivity index (χ0n) is 10.5. The molecule has 0 unspecified atom stereocenters. The number of alkyl halides is 1. The Bertz CT molecular complexity index is 609. The van der Waals surface area contributed by atoms with Gasteiger partial charge in [0.15, 0.2) is 5.75 Å². The Morgan fingerprint density at radius 3 is 2.65 bits per heavy atom. The topological polar surface area (TPSA) is 72.5 Å². The van der Waals surface area contributed by atoms with Crippen LogP contribution in [0.25, 0.3) is 0 Å². The van der Waals surface area contributed by atoms with E-state index < -0.39 is 21.6 Å². The van der Waals surface area contributed by atoms with Crippen molar-refractivity contribution in [3.05, 3.63) is 22.2 Å². The largest absolute Gasteiger partial charge is 0.494 e. The first-order valence-electron chi connectivity index (χ1n) is 5.47. The van der Waals surface area contributed by atoms with E-state index in [2.05, 4.69) is 21.2 Å². The quantitative estimate of drug-likeness (QED) is 0.600. The Morgan fingerprint density at radius 1 is 1.50 bits per heavy atom. The lowest BCUT2D eigenvalue weighted by Crippen LogP contribution is -2.25. The molecule has 0 aliphatic carbocycles. The fourth-order valence-electron chi connectivity index (χ4n) is 1.45. The predicted octanol–water partition coefficient (Wildman–Crippen LogP) is 2.47. The minimum Gasteiger partial charge on any atom is -0.494 e. The fourth-order valence-corrected chi connectivity index (χ4v) is 3.23. The van der Waals surface area contributed by atoms with E-state index in [4.69, 9.17) is 15.4 Å². The van der Waals surface area contributed by atoms with Crippen LogP contribution in [0.4, 0.5) is 4.39 Å². The van der Waals surface area contributed by atoms with Crippen LogP contribution in [0.5, 0.6) is 5.75 Å². The lowest BCUT2D eigenvalue weighted by molar-refractivity contribution is 0.0952. The maximum absolute atomic E-state index is 12.0. The van der Waals surface area contributed by atoms with Gasteiger partial charge in [0, 0.05) is 22.8 Å². The van der Waals surface area contributed by atoms with Crippen molar-refractivity contribution in [1.29, 1.82) is 0 Å². The van der Waals surface area contributed by atoms with Crippen molar-refractivity contribution in [1.82, 2.24) is 5.32 Å². The average molecular weight is 389 g/mol. The van der Waals surface area contributed by atoms with Gasteiger partial charge in [-0.2, -0.15) is 0 Å². The van der Waals surface area contributed by atoms with Gasteiger partial charge in [-0.15, -0.1) is 0 Å². The maximum atomic E-state index is 12.0. The molecule has 0 bridgehead atoms. The molecule has 20 heavy (non-hydrogen) atoms. The summed E-state index contributed by atoms with van der Waals surface area (Å²) in [5, 5.41) is 2.46. The zero-order valence-corrected chi connectivity index (χ0v) is 13.6. The SMILES string of the molecule is COc1c(Br)cc(C(=O)NCCCF)cc1S(=O)(=O)Cl. The van der Waals surface area contributed by atoms with E-state index in [-0.39, 0.29) is 33.6 Å². The summed E-state index contributed by atoms with van der Waals surface area (Å²) in [5.74, 6) is -0.510. The molecule has 0 aliphatic heterocycles. The Balaban J connectivity index is 3.18. The van der Waals surface area contributed by atoms with Gasteiger partial charge in [0.05, 0.1) is 18.3 Å². The number of nitrogens with one attached hydrogen (secondary N) is 1. The molecular formula is C11H12BrClFNO4S. The van der Waals surface area contributed by atoms with Crippen LogP contribution in [0.1, 0.15) is 16.8 Å². The average Bonchev–Trinajstić information content (AvgIpc) is 2.36. The molecule has 0 spiro atoms. The van der Waals surface area contributed by atoms with E-state index in [0.717, 1.165) is 6.07 Å². The lowest BCUT2D eigenvalue weighted by atomic mass is 10.2. The van der Waals surface area contributed by atoms with Gasteiger partial charge in [-0.25, -0.2) is 8.42 Å². The van der Waals surface area contributed by atoms with Gasteiger partial charge in [-0.3, -0.25) is 9.18 Å². The standard InChI is InChI=1S/C11H12BrClFNO4S/c1-19-10-8(12)5-7(6-9(10)20(13,17)18)11(16)15-4-2-3-14/h5-6H,2-4H2,1H3,(H,15,16). The van der Waals surface area contributed by atoms with Crippen molar-refractivity contribution in [2.45, 2.75) is 11.3 Å². The Hall–Kier alpha value is -0.860. The molecule has 9 heteroatoms. The van der Waals surface area contributed by atoms with Crippen LogP contribution < -0.4 is 10.1 Å². The first-order chi connectivity index (χ1) is 9.31. The van der Waals surface area contributed by atoms with Gasteiger partial charge in [0.25, 0.3) is 15.0 Å². The second kappa shape index (κ2) is 7.24. The third-order valence-electron chi connectivity index (χ3n) is 2.33. The molecule has 1 aromatic rings. The molecule has 0 heterocycles. The van der Waals surface area contributed by atoms with Gasteiger partial charge < -0.3 is 10.1 Å². The van der Waals surface area contributed by atoms with Crippen LogP contribution in [-0.4, -0.2) is 34.7 Å². The van der Waals surface area contributed by atoms with E-state index in [1.807, 2.05) is 0 Å². The number of halogens is 3. The zero-order chi connectivity index (χ0) is 15.3. The van der Waals surface area contributed by atoms with Crippen LogP contribution in [0.15, 0.2) is 21.5 Å². The van der Waals surface area contributed by atoms with Crippen molar-refractivity contribution in [3.63, 3.8) is 0 Å². The smallest absolute Gasteiger partial charge is 0.265 e. The van der Waals surface area contributed by atoms with E-state index in [9.17, 15) is 17.6 Å². The van der Waals surface area contributed by atoms with Gasteiger partial charge in [0.1, 0.15) is 4.90 Å². The number of hydrogen-bond donors (Lipinski definition) is 1. The second-order valence-electron chi connectivity index (χ2n) is 3.73. The van der Waals surface area contributed by atoms with Crippen molar-refractivity contribution in [3.8, 4) is 5.75 Å².